The van der Waals surface area contributed by atoms with Crippen molar-refractivity contribution in [3.8, 4) is 0 Å². The van der Waals surface area contributed by atoms with Gasteiger partial charge in [0.25, 0.3) is 0 Å². The Labute approximate surface area is 131 Å². The van der Waals surface area contributed by atoms with Gasteiger partial charge in [-0.05, 0) is 24.0 Å². The zero-order valence-electron chi connectivity index (χ0n) is 13.3. The first-order valence-electron chi connectivity index (χ1n) is 7.92. The molecule has 0 bridgehead atoms. The SMILES string of the molecule is CC1(C)CC(=O)C=C(N2CCN(c3ccccc3F)CC2)C1. The van der Waals surface area contributed by atoms with Crippen LogP contribution in [-0.4, -0.2) is 36.9 Å². The molecule has 1 heterocycles. The van der Waals surface area contributed by atoms with E-state index < -0.39 is 0 Å². The molecule has 1 aromatic carbocycles. The maximum Gasteiger partial charge on any atom is 0.157 e. The summed E-state index contributed by atoms with van der Waals surface area (Å²) in [6.45, 7) is 7.54. The van der Waals surface area contributed by atoms with Gasteiger partial charge in [0.15, 0.2) is 5.78 Å². The monoisotopic (exact) mass is 302 g/mol. The molecule has 1 aromatic rings. The zero-order valence-corrected chi connectivity index (χ0v) is 13.3. The van der Waals surface area contributed by atoms with E-state index in [0.29, 0.717) is 12.1 Å². The number of nitrogens with zero attached hydrogens (tertiary/aromatic N) is 2. The zero-order chi connectivity index (χ0) is 15.7. The molecule has 3 rings (SSSR count). The lowest BCUT2D eigenvalue weighted by molar-refractivity contribution is -0.117. The van der Waals surface area contributed by atoms with Crippen LogP contribution in [0.2, 0.25) is 0 Å². The lowest BCUT2D eigenvalue weighted by Crippen LogP contribution is -2.47. The van der Waals surface area contributed by atoms with Crippen LogP contribution in [0.15, 0.2) is 36.0 Å². The van der Waals surface area contributed by atoms with Crippen LogP contribution in [0.5, 0.6) is 0 Å². The Kier molecular flexibility index (Phi) is 3.94. The molecule has 118 valence electrons. The number of anilines is 1. The van der Waals surface area contributed by atoms with E-state index in [2.05, 4.69) is 23.6 Å². The van der Waals surface area contributed by atoms with Crippen molar-refractivity contribution in [3.05, 3.63) is 41.9 Å². The minimum atomic E-state index is -0.163. The molecule has 4 heteroatoms. The van der Waals surface area contributed by atoms with Crippen molar-refractivity contribution in [1.29, 1.82) is 0 Å². The molecule has 1 aliphatic carbocycles. The fourth-order valence-corrected chi connectivity index (χ4v) is 3.46. The van der Waals surface area contributed by atoms with Gasteiger partial charge in [0.1, 0.15) is 5.82 Å². The van der Waals surface area contributed by atoms with Crippen molar-refractivity contribution < 1.29 is 9.18 Å². The molecule has 0 atom stereocenters. The molecule has 0 N–H and O–H groups in total. The predicted octanol–water partition coefficient (Wildman–Crippen LogP) is 3.22. The topological polar surface area (TPSA) is 23.6 Å². The summed E-state index contributed by atoms with van der Waals surface area (Å²) < 4.78 is 13.9. The minimum Gasteiger partial charge on any atom is -0.371 e. The summed E-state index contributed by atoms with van der Waals surface area (Å²) in [5.41, 5.74) is 1.87. The lowest BCUT2D eigenvalue weighted by Gasteiger charge is -2.41. The summed E-state index contributed by atoms with van der Waals surface area (Å²) in [6, 6.07) is 6.93. The molecule has 0 aromatic heterocycles. The van der Waals surface area contributed by atoms with Crippen LogP contribution >= 0.6 is 0 Å². The Morgan fingerprint density at radius 3 is 2.27 bits per heavy atom. The van der Waals surface area contributed by atoms with E-state index in [4.69, 9.17) is 0 Å². The Morgan fingerprint density at radius 2 is 1.64 bits per heavy atom. The Balaban J connectivity index is 1.67. The third-order valence-electron chi connectivity index (χ3n) is 4.52. The molecule has 1 fully saturated rings. The Bertz CT molecular complexity index is 601. The number of carbonyl (C=O) groups excluding carboxylic acids is 1. The number of halogens is 1. The van der Waals surface area contributed by atoms with E-state index >= 15 is 0 Å². The van der Waals surface area contributed by atoms with E-state index in [0.717, 1.165) is 38.3 Å². The van der Waals surface area contributed by atoms with Crippen molar-refractivity contribution >= 4 is 11.5 Å². The van der Waals surface area contributed by atoms with Gasteiger partial charge in [0.2, 0.25) is 0 Å². The van der Waals surface area contributed by atoms with Crippen molar-refractivity contribution in [2.75, 3.05) is 31.1 Å². The number of hydrogen-bond acceptors (Lipinski definition) is 3. The molecule has 1 aliphatic heterocycles. The van der Waals surface area contributed by atoms with Crippen LogP contribution < -0.4 is 4.90 Å². The summed E-state index contributed by atoms with van der Waals surface area (Å²) >= 11 is 0. The molecular weight excluding hydrogens is 279 g/mol. The highest BCUT2D eigenvalue weighted by molar-refractivity contribution is 5.91. The highest BCUT2D eigenvalue weighted by atomic mass is 19.1. The second-order valence-electron chi connectivity index (χ2n) is 7.05. The van der Waals surface area contributed by atoms with Gasteiger partial charge >= 0.3 is 0 Å². The Morgan fingerprint density at radius 1 is 1.00 bits per heavy atom. The largest absolute Gasteiger partial charge is 0.371 e. The number of para-hydroxylation sites is 1. The van der Waals surface area contributed by atoms with E-state index in [1.54, 1.807) is 6.07 Å². The van der Waals surface area contributed by atoms with Gasteiger partial charge in [-0.15, -0.1) is 0 Å². The quantitative estimate of drug-likeness (QED) is 0.838. The maximum atomic E-state index is 13.9. The number of carbonyl (C=O) groups is 1. The first-order chi connectivity index (χ1) is 10.4. The van der Waals surface area contributed by atoms with Gasteiger partial charge < -0.3 is 9.80 Å². The lowest BCUT2D eigenvalue weighted by atomic mass is 9.78. The van der Waals surface area contributed by atoms with Gasteiger partial charge in [-0.3, -0.25) is 4.79 Å². The smallest absolute Gasteiger partial charge is 0.157 e. The summed E-state index contributed by atoms with van der Waals surface area (Å²) in [4.78, 5) is 16.3. The van der Waals surface area contributed by atoms with Gasteiger partial charge in [-0.2, -0.15) is 0 Å². The van der Waals surface area contributed by atoms with E-state index in [9.17, 15) is 9.18 Å². The van der Waals surface area contributed by atoms with Crippen molar-refractivity contribution in [1.82, 2.24) is 4.90 Å². The van der Waals surface area contributed by atoms with Crippen molar-refractivity contribution in [2.45, 2.75) is 26.7 Å². The van der Waals surface area contributed by atoms with Crippen LogP contribution in [0.25, 0.3) is 0 Å². The van der Waals surface area contributed by atoms with Gasteiger partial charge in [-0.1, -0.05) is 26.0 Å². The fourth-order valence-electron chi connectivity index (χ4n) is 3.46. The summed E-state index contributed by atoms with van der Waals surface area (Å²) in [6.07, 6.45) is 3.38. The molecular formula is C18H23FN2O. The van der Waals surface area contributed by atoms with E-state index in [1.807, 2.05) is 18.2 Å². The second-order valence-corrected chi connectivity index (χ2v) is 7.05. The molecule has 0 radical (unpaired) electrons. The molecule has 3 nitrogen and oxygen atoms in total. The van der Waals surface area contributed by atoms with E-state index in [-0.39, 0.29) is 17.0 Å². The second kappa shape index (κ2) is 5.75. The average Bonchev–Trinajstić information content (AvgIpc) is 2.46. The first kappa shape index (κ1) is 15.1. The summed E-state index contributed by atoms with van der Waals surface area (Å²) in [5, 5.41) is 0. The third-order valence-corrected chi connectivity index (χ3v) is 4.52. The molecule has 2 aliphatic rings. The highest BCUT2D eigenvalue weighted by Crippen LogP contribution is 2.35. The number of allylic oxidation sites excluding steroid dienone is 2. The number of hydrogen-bond donors (Lipinski definition) is 0. The maximum absolute atomic E-state index is 13.9. The minimum absolute atomic E-state index is 0.0455. The molecule has 1 saturated heterocycles. The average molecular weight is 302 g/mol. The normalized spacial score (nSPS) is 21.8. The number of ketones is 1. The van der Waals surface area contributed by atoms with Crippen LogP contribution in [0.3, 0.4) is 0 Å². The van der Waals surface area contributed by atoms with Crippen LogP contribution in [-0.2, 0) is 4.79 Å². The van der Waals surface area contributed by atoms with E-state index in [1.165, 1.54) is 6.07 Å². The molecule has 0 amide bonds. The van der Waals surface area contributed by atoms with Crippen LogP contribution in [0.4, 0.5) is 10.1 Å². The summed E-state index contributed by atoms with van der Waals surface area (Å²) in [7, 11) is 0. The predicted molar refractivity (Wildman–Crippen MR) is 86.3 cm³/mol. The highest BCUT2D eigenvalue weighted by Gasteiger charge is 2.31. The summed E-state index contributed by atoms with van der Waals surface area (Å²) in [5.74, 6) is 0.0620. The number of piperazine rings is 1. The molecule has 0 unspecified atom stereocenters. The third kappa shape index (κ3) is 3.16. The first-order valence-corrected chi connectivity index (χ1v) is 7.92. The van der Waals surface area contributed by atoms with Crippen LogP contribution in [0, 0.1) is 11.2 Å². The number of rotatable bonds is 2. The number of benzene rings is 1. The fraction of sp³-hybridized carbons (Fsp3) is 0.500. The standard InChI is InChI=1S/C18H23FN2O/c1-18(2)12-14(11-15(22)13-18)20-7-9-21(10-8-20)17-6-4-3-5-16(17)19/h3-6,11H,7-10,12-13H2,1-2H3. The van der Waals surface area contributed by atoms with Crippen molar-refractivity contribution in [3.63, 3.8) is 0 Å². The molecule has 22 heavy (non-hydrogen) atoms. The van der Waals surface area contributed by atoms with Crippen molar-refractivity contribution in [2.24, 2.45) is 5.41 Å². The van der Waals surface area contributed by atoms with Gasteiger partial charge in [0, 0.05) is 44.4 Å². The van der Waals surface area contributed by atoms with Crippen LogP contribution in [0.1, 0.15) is 26.7 Å². The van der Waals surface area contributed by atoms with Gasteiger partial charge in [-0.25, -0.2) is 4.39 Å². The Hall–Kier alpha value is -1.84. The molecule has 0 saturated carbocycles. The van der Waals surface area contributed by atoms with Gasteiger partial charge in [0.05, 0.1) is 5.69 Å². The molecule has 0 spiro atoms.